The van der Waals surface area contributed by atoms with Crippen LogP contribution >= 0.6 is 0 Å². The SMILES string of the molecule is CCc1ccccc1NC(=O)CN1CCN(Cc2cccc(OC)c2)CC1. The number of aryl methyl sites for hydroxylation is 1. The Kier molecular flexibility index (Phi) is 6.85. The van der Waals surface area contributed by atoms with Gasteiger partial charge in [0.25, 0.3) is 0 Å². The summed E-state index contributed by atoms with van der Waals surface area (Å²) in [6, 6.07) is 16.2. The molecule has 1 heterocycles. The van der Waals surface area contributed by atoms with Gasteiger partial charge in [-0.1, -0.05) is 37.3 Å². The van der Waals surface area contributed by atoms with Crippen molar-refractivity contribution >= 4 is 11.6 Å². The van der Waals surface area contributed by atoms with Crippen LogP contribution in [0.4, 0.5) is 5.69 Å². The Morgan fingerprint density at radius 3 is 2.52 bits per heavy atom. The molecule has 0 spiro atoms. The molecule has 1 aliphatic heterocycles. The molecule has 0 atom stereocenters. The van der Waals surface area contributed by atoms with Crippen molar-refractivity contribution in [2.75, 3.05) is 45.2 Å². The lowest BCUT2D eigenvalue weighted by Crippen LogP contribution is -2.48. The Hall–Kier alpha value is -2.37. The van der Waals surface area contributed by atoms with E-state index >= 15 is 0 Å². The van der Waals surface area contributed by atoms with Gasteiger partial charge in [-0.2, -0.15) is 0 Å². The van der Waals surface area contributed by atoms with Gasteiger partial charge in [-0.25, -0.2) is 0 Å². The maximum atomic E-state index is 12.4. The first-order valence-corrected chi connectivity index (χ1v) is 9.63. The number of benzene rings is 2. The van der Waals surface area contributed by atoms with Crippen molar-refractivity contribution in [3.05, 3.63) is 59.7 Å². The molecule has 5 heteroatoms. The van der Waals surface area contributed by atoms with Crippen LogP contribution in [0.1, 0.15) is 18.1 Å². The van der Waals surface area contributed by atoms with E-state index in [1.54, 1.807) is 7.11 Å². The number of amides is 1. The lowest BCUT2D eigenvalue weighted by molar-refractivity contribution is -0.117. The number of ether oxygens (including phenoxy) is 1. The van der Waals surface area contributed by atoms with Crippen molar-refractivity contribution in [1.29, 1.82) is 0 Å². The smallest absolute Gasteiger partial charge is 0.238 e. The van der Waals surface area contributed by atoms with E-state index in [-0.39, 0.29) is 5.91 Å². The Balaban J connectivity index is 1.45. The number of carbonyl (C=O) groups excluding carboxylic acids is 1. The average molecular weight is 367 g/mol. The maximum absolute atomic E-state index is 12.4. The number of methoxy groups -OCH3 is 1. The van der Waals surface area contributed by atoms with E-state index in [9.17, 15) is 4.79 Å². The summed E-state index contributed by atoms with van der Waals surface area (Å²) in [4.78, 5) is 17.1. The molecule has 144 valence electrons. The zero-order valence-electron chi connectivity index (χ0n) is 16.3. The quantitative estimate of drug-likeness (QED) is 0.817. The monoisotopic (exact) mass is 367 g/mol. The molecule has 0 unspecified atom stereocenters. The normalized spacial score (nSPS) is 15.5. The number of hydrogen-bond donors (Lipinski definition) is 1. The second kappa shape index (κ2) is 9.53. The number of carbonyl (C=O) groups is 1. The van der Waals surface area contributed by atoms with Crippen LogP contribution in [0.2, 0.25) is 0 Å². The molecule has 1 saturated heterocycles. The van der Waals surface area contributed by atoms with Crippen LogP contribution in [-0.2, 0) is 17.8 Å². The van der Waals surface area contributed by atoms with Crippen molar-refractivity contribution in [2.24, 2.45) is 0 Å². The van der Waals surface area contributed by atoms with Gasteiger partial charge < -0.3 is 10.1 Å². The van der Waals surface area contributed by atoms with Gasteiger partial charge in [-0.15, -0.1) is 0 Å². The van der Waals surface area contributed by atoms with Crippen LogP contribution in [0.25, 0.3) is 0 Å². The van der Waals surface area contributed by atoms with Crippen LogP contribution in [0.15, 0.2) is 48.5 Å². The van der Waals surface area contributed by atoms with Gasteiger partial charge in [0.1, 0.15) is 5.75 Å². The van der Waals surface area contributed by atoms with E-state index < -0.39 is 0 Å². The number of nitrogens with one attached hydrogen (secondary N) is 1. The lowest BCUT2D eigenvalue weighted by Gasteiger charge is -2.34. The van der Waals surface area contributed by atoms with E-state index in [4.69, 9.17) is 4.74 Å². The third-order valence-corrected chi connectivity index (χ3v) is 5.04. The summed E-state index contributed by atoms with van der Waals surface area (Å²) in [7, 11) is 1.70. The summed E-state index contributed by atoms with van der Waals surface area (Å²) in [6.45, 7) is 7.23. The molecule has 0 aliphatic carbocycles. The van der Waals surface area contributed by atoms with E-state index in [0.29, 0.717) is 6.54 Å². The summed E-state index contributed by atoms with van der Waals surface area (Å²) in [5, 5.41) is 3.06. The summed E-state index contributed by atoms with van der Waals surface area (Å²) in [5.74, 6) is 0.965. The molecule has 3 rings (SSSR count). The number of hydrogen-bond acceptors (Lipinski definition) is 4. The molecule has 1 fully saturated rings. The molecular weight excluding hydrogens is 338 g/mol. The first kappa shape index (κ1) is 19.4. The first-order valence-electron chi connectivity index (χ1n) is 9.63. The molecule has 0 radical (unpaired) electrons. The number of rotatable bonds is 7. The molecule has 27 heavy (non-hydrogen) atoms. The zero-order chi connectivity index (χ0) is 19.1. The Bertz CT molecular complexity index is 755. The third-order valence-electron chi connectivity index (χ3n) is 5.04. The van der Waals surface area contributed by atoms with Gasteiger partial charge in [0, 0.05) is 38.4 Å². The number of para-hydroxylation sites is 1. The fourth-order valence-corrected chi connectivity index (χ4v) is 3.48. The van der Waals surface area contributed by atoms with Crippen LogP contribution < -0.4 is 10.1 Å². The van der Waals surface area contributed by atoms with Crippen molar-refractivity contribution in [3.8, 4) is 5.75 Å². The highest BCUT2D eigenvalue weighted by atomic mass is 16.5. The van der Waals surface area contributed by atoms with Gasteiger partial charge in [0.15, 0.2) is 0 Å². The molecule has 0 aromatic heterocycles. The van der Waals surface area contributed by atoms with E-state index in [2.05, 4.69) is 40.2 Å². The number of nitrogens with zero attached hydrogens (tertiary/aromatic N) is 2. The number of piperazine rings is 1. The van der Waals surface area contributed by atoms with Gasteiger partial charge >= 0.3 is 0 Å². The molecule has 5 nitrogen and oxygen atoms in total. The Labute approximate surface area is 161 Å². The molecule has 0 saturated carbocycles. The Morgan fingerprint density at radius 1 is 1.04 bits per heavy atom. The fraction of sp³-hybridized carbons (Fsp3) is 0.409. The highest BCUT2D eigenvalue weighted by Crippen LogP contribution is 2.17. The Morgan fingerprint density at radius 2 is 1.78 bits per heavy atom. The van der Waals surface area contributed by atoms with E-state index in [0.717, 1.165) is 50.6 Å². The van der Waals surface area contributed by atoms with Gasteiger partial charge in [-0.05, 0) is 35.7 Å². The van der Waals surface area contributed by atoms with Crippen molar-refractivity contribution in [2.45, 2.75) is 19.9 Å². The van der Waals surface area contributed by atoms with Gasteiger partial charge in [0.2, 0.25) is 5.91 Å². The summed E-state index contributed by atoms with van der Waals surface area (Å²) < 4.78 is 5.30. The molecule has 1 aliphatic rings. The molecule has 2 aromatic rings. The standard InChI is InChI=1S/C22H29N3O2/c1-3-19-8-4-5-10-21(19)23-22(26)17-25-13-11-24(12-14-25)16-18-7-6-9-20(15-18)27-2/h4-10,15H,3,11-14,16-17H2,1-2H3,(H,23,26). The minimum atomic E-state index is 0.0668. The van der Waals surface area contributed by atoms with E-state index in [1.165, 1.54) is 11.1 Å². The van der Waals surface area contributed by atoms with Crippen LogP contribution in [0.3, 0.4) is 0 Å². The van der Waals surface area contributed by atoms with Crippen molar-refractivity contribution in [1.82, 2.24) is 9.80 Å². The minimum absolute atomic E-state index is 0.0668. The predicted molar refractivity (Wildman–Crippen MR) is 109 cm³/mol. The van der Waals surface area contributed by atoms with Crippen molar-refractivity contribution in [3.63, 3.8) is 0 Å². The predicted octanol–water partition coefficient (Wildman–Crippen LogP) is 3.01. The summed E-state index contributed by atoms with van der Waals surface area (Å²) in [6.07, 6.45) is 0.916. The third kappa shape index (κ3) is 5.55. The first-order chi connectivity index (χ1) is 13.2. The molecular formula is C22H29N3O2. The van der Waals surface area contributed by atoms with Gasteiger partial charge in [0.05, 0.1) is 13.7 Å². The maximum Gasteiger partial charge on any atom is 0.238 e. The highest BCUT2D eigenvalue weighted by molar-refractivity contribution is 5.93. The molecule has 2 aromatic carbocycles. The largest absolute Gasteiger partial charge is 0.497 e. The molecule has 1 N–H and O–H groups in total. The second-order valence-electron chi connectivity index (χ2n) is 6.96. The van der Waals surface area contributed by atoms with E-state index in [1.807, 2.05) is 30.3 Å². The lowest BCUT2D eigenvalue weighted by atomic mass is 10.1. The minimum Gasteiger partial charge on any atom is -0.497 e. The van der Waals surface area contributed by atoms with Crippen LogP contribution in [-0.4, -0.2) is 55.5 Å². The van der Waals surface area contributed by atoms with Crippen molar-refractivity contribution < 1.29 is 9.53 Å². The molecule has 1 amide bonds. The number of anilines is 1. The topological polar surface area (TPSA) is 44.8 Å². The fourth-order valence-electron chi connectivity index (χ4n) is 3.48. The second-order valence-corrected chi connectivity index (χ2v) is 6.96. The summed E-state index contributed by atoms with van der Waals surface area (Å²) in [5.41, 5.74) is 3.37. The van der Waals surface area contributed by atoms with Gasteiger partial charge in [-0.3, -0.25) is 14.6 Å². The summed E-state index contributed by atoms with van der Waals surface area (Å²) >= 11 is 0. The van der Waals surface area contributed by atoms with Crippen LogP contribution in [0.5, 0.6) is 5.75 Å². The van der Waals surface area contributed by atoms with Crippen LogP contribution in [0, 0.1) is 0 Å². The highest BCUT2D eigenvalue weighted by Gasteiger charge is 2.19. The molecule has 0 bridgehead atoms. The zero-order valence-corrected chi connectivity index (χ0v) is 16.3. The average Bonchev–Trinajstić information content (AvgIpc) is 2.70.